The molecule has 1 aliphatic rings. The van der Waals surface area contributed by atoms with Crippen LogP contribution in [-0.2, 0) is 4.74 Å². The highest BCUT2D eigenvalue weighted by atomic mass is 16.6. The highest BCUT2D eigenvalue weighted by Crippen LogP contribution is 2.15. The van der Waals surface area contributed by atoms with Crippen LogP contribution in [0.15, 0.2) is 24.3 Å². The molecule has 1 heterocycles. The molecule has 2 N–H and O–H groups in total. The number of ether oxygens (including phenoxy) is 2. The lowest BCUT2D eigenvalue weighted by molar-refractivity contribution is 0.0778. The normalized spacial score (nSPS) is 15.1. The molecule has 1 fully saturated rings. The second-order valence-electron chi connectivity index (χ2n) is 3.54. The third kappa shape index (κ3) is 2.64. The predicted molar refractivity (Wildman–Crippen MR) is 59.8 cm³/mol. The van der Waals surface area contributed by atoms with Gasteiger partial charge in [0.2, 0.25) is 0 Å². The quantitative estimate of drug-likeness (QED) is 0.807. The molecule has 2 rings (SSSR count). The van der Waals surface area contributed by atoms with Gasteiger partial charge in [-0.2, -0.15) is 0 Å². The average molecular weight is 222 g/mol. The number of benzene rings is 1. The molecule has 0 unspecified atom stereocenters. The lowest BCUT2D eigenvalue weighted by Gasteiger charge is -2.26. The van der Waals surface area contributed by atoms with E-state index in [9.17, 15) is 4.79 Å². The molecule has 1 saturated heterocycles. The van der Waals surface area contributed by atoms with Gasteiger partial charge in [0, 0.05) is 18.8 Å². The van der Waals surface area contributed by atoms with Gasteiger partial charge in [-0.1, -0.05) is 0 Å². The molecule has 0 bridgehead atoms. The summed E-state index contributed by atoms with van der Waals surface area (Å²) in [6.45, 7) is 1.46. The third-order valence-corrected chi connectivity index (χ3v) is 2.35. The van der Waals surface area contributed by atoms with Crippen LogP contribution in [0.25, 0.3) is 0 Å². The maximum absolute atomic E-state index is 11.4. The summed E-state index contributed by atoms with van der Waals surface area (Å²) in [5.74, 6) is 0.752. The first-order valence-electron chi connectivity index (χ1n) is 5.10. The van der Waals surface area contributed by atoms with Gasteiger partial charge in [-0.25, -0.2) is 4.79 Å². The molecule has 86 valence electrons. The number of hydrogen-bond acceptors (Lipinski definition) is 4. The van der Waals surface area contributed by atoms with Crippen LogP contribution in [0.3, 0.4) is 0 Å². The van der Waals surface area contributed by atoms with Crippen molar-refractivity contribution in [3.8, 4) is 5.75 Å². The minimum atomic E-state index is -0.420. The zero-order valence-corrected chi connectivity index (χ0v) is 9.03. The number of hydrogen-bond donors (Lipinski definition) is 2. The van der Waals surface area contributed by atoms with Gasteiger partial charge in [0.05, 0.1) is 7.11 Å². The van der Waals surface area contributed by atoms with E-state index in [1.807, 2.05) is 0 Å². The Morgan fingerprint density at radius 3 is 2.56 bits per heavy atom. The van der Waals surface area contributed by atoms with Crippen molar-refractivity contribution in [2.24, 2.45) is 0 Å². The van der Waals surface area contributed by atoms with E-state index >= 15 is 0 Å². The smallest absolute Gasteiger partial charge is 0.411 e. The summed E-state index contributed by atoms with van der Waals surface area (Å²) in [4.78, 5) is 11.4. The highest BCUT2D eigenvalue weighted by Gasteiger charge is 2.20. The van der Waals surface area contributed by atoms with Crippen molar-refractivity contribution in [2.45, 2.75) is 6.10 Å². The van der Waals surface area contributed by atoms with Crippen molar-refractivity contribution in [2.75, 3.05) is 25.5 Å². The summed E-state index contributed by atoms with van der Waals surface area (Å²) in [5.41, 5.74) is 0.693. The molecule has 0 aromatic heterocycles. The predicted octanol–water partition coefficient (Wildman–Crippen LogP) is 1.22. The minimum absolute atomic E-state index is 0.00162. The van der Waals surface area contributed by atoms with Gasteiger partial charge >= 0.3 is 6.09 Å². The monoisotopic (exact) mass is 222 g/mol. The first-order chi connectivity index (χ1) is 7.78. The van der Waals surface area contributed by atoms with E-state index in [1.165, 1.54) is 0 Å². The topological polar surface area (TPSA) is 59.6 Å². The maximum atomic E-state index is 11.4. The zero-order valence-electron chi connectivity index (χ0n) is 9.03. The molecule has 5 heteroatoms. The Labute approximate surface area is 93.7 Å². The van der Waals surface area contributed by atoms with Crippen LogP contribution < -0.4 is 15.4 Å². The SMILES string of the molecule is COc1ccc(NC(=O)OC2CNC2)cc1. The average Bonchev–Trinajstić information content (AvgIpc) is 2.25. The summed E-state index contributed by atoms with van der Waals surface area (Å²) in [6.07, 6.45) is -0.421. The van der Waals surface area contributed by atoms with Gasteiger partial charge in [-0.05, 0) is 24.3 Å². The number of carbonyl (C=O) groups excluding carboxylic acids is 1. The van der Waals surface area contributed by atoms with Crippen LogP contribution in [0, 0.1) is 0 Å². The fourth-order valence-electron chi connectivity index (χ4n) is 1.32. The van der Waals surface area contributed by atoms with Gasteiger partial charge in [0.25, 0.3) is 0 Å². The van der Waals surface area contributed by atoms with Crippen molar-refractivity contribution in [3.63, 3.8) is 0 Å². The van der Waals surface area contributed by atoms with E-state index in [0.717, 1.165) is 18.8 Å². The Morgan fingerprint density at radius 1 is 1.38 bits per heavy atom. The molecule has 0 atom stereocenters. The highest BCUT2D eigenvalue weighted by molar-refractivity contribution is 5.84. The number of amides is 1. The van der Waals surface area contributed by atoms with E-state index in [-0.39, 0.29) is 6.10 Å². The molecule has 1 aromatic rings. The van der Waals surface area contributed by atoms with E-state index in [0.29, 0.717) is 5.69 Å². The second-order valence-corrected chi connectivity index (χ2v) is 3.54. The largest absolute Gasteiger partial charge is 0.497 e. The summed E-state index contributed by atoms with van der Waals surface area (Å²) in [7, 11) is 1.60. The van der Waals surface area contributed by atoms with Crippen LogP contribution in [0.1, 0.15) is 0 Å². The van der Waals surface area contributed by atoms with Crippen molar-refractivity contribution in [3.05, 3.63) is 24.3 Å². The van der Waals surface area contributed by atoms with Gasteiger partial charge in [-0.15, -0.1) is 0 Å². The first kappa shape index (κ1) is 10.8. The minimum Gasteiger partial charge on any atom is -0.497 e. The van der Waals surface area contributed by atoms with Gasteiger partial charge < -0.3 is 14.8 Å². The Bertz CT molecular complexity index is 360. The molecular weight excluding hydrogens is 208 g/mol. The molecule has 0 saturated carbocycles. The third-order valence-electron chi connectivity index (χ3n) is 2.35. The molecule has 0 radical (unpaired) electrons. The molecule has 0 aliphatic carbocycles. The van der Waals surface area contributed by atoms with Gasteiger partial charge in [-0.3, -0.25) is 5.32 Å². The van der Waals surface area contributed by atoms with Crippen molar-refractivity contribution in [1.29, 1.82) is 0 Å². The van der Waals surface area contributed by atoms with Crippen LogP contribution in [-0.4, -0.2) is 32.4 Å². The van der Waals surface area contributed by atoms with Crippen LogP contribution in [0.2, 0.25) is 0 Å². The number of nitrogens with one attached hydrogen (secondary N) is 2. The molecule has 16 heavy (non-hydrogen) atoms. The Balaban J connectivity index is 1.84. The number of carbonyl (C=O) groups is 1. The Morgan fingerprint density at radius 2 is 2.06 bits per heavy atom. The number of rotatable bonds is 3. The van der Waals surface area contributed by atoms with Crippen LogP contribution in [0.4, 0.5) is 10.5 Å². The number of anilines is 1. The summed E-state index contributed by atoms with van der Waals surface area (Å²) >= 11 is 0. The molecule has 5 nitrogen and oxygen atoms in total. The van der Waals surface area contributed by atoms with Gasteiger partial charge in [0.1, 0.15) is 11.9 Å². The zero-order chi connectivity index (χ0) is 11.4. The maximum Gasteiger partial charge on any atom is 0.411 e. The molecule has 0 spiro atoms. The Kier molecular flexibility index (Phi) is 3.26. The molecule has 1 aliphatic heterocycles. The van der Waals surface area contributed by atoms with E-state index in [2.05, 4.69) is 10.6 Å². The lowest BCUT2D eigenvalue weighted by Crippen LogP contribution is -2.49. The van der Waals surface area contributed by atoms with E-state index < -0.39 is 6.09 Å². The Hall–Kier alpha value is -1.75. The van der Waals surface area contributed by atoms with Crippen molar-refractivity contribution in [1.82, 2.24) is 5.32 Å². The van der Waals surface area contributed by atoms with Crippen molar-refractivity contribution < 1.29 is 14.3 Å². The van der Waals surface area contributed by atoms with Crippen molar-refractivity contribution >= 4 is 11.8 Å². The molecule has 1 amide bonds. The molecule has 1 aromatic carbocycles. The fraction of sp³-hybridized carbons (Fsp3) is 0.364. The second kappa shape index (κ2) is 4.85. The summed E-state index contributed by atoms with van der Waals surface area (Å²) in [6, 6.07) is 7.08. The summed E-state index contributed by atoms with van der Waals surface area (Å²) in [5, 5.41) is 5.67. The van der Waals surface area contributed by atoms with Crippen LogP contribution in [0.5, 0.6) is 5.75 Å². The standard InChI is InChI=1S/C11H14N2O3/c1-15-9-4-2-8(3-5-9)13-11(14)16-10-6-12-7-10/h2-5,10,12H,6-7H2,1H3,(H,13,14). The fourth-order valence-corrected chi connectivity index (χ4v) is 1.32. The summed E-state index contributed by atoms with van der Waals surface area (Å²) < 4.78 is 10.1. The van der Waals surface area contributed by atoms with E-state index in [4.69, 9.17) is 9.47 Å². The van der Waals surface area contributed by atoms with Gasteiger partial charge in [0.15, 0.2) is 0 Å². The first-order valence-corrected chi connectivity index (χ1v) is 5.10. The van der Waals surface area contributed by atoms with Crippen LogP contribution >= 0.6 is 0 Å². The van der Waals surface area contributed by atoms with E-state index in [1.54, 1.807) is 31.4 Å². The lowest BCUT2D eigenvalue weighted by atomic mass is 10.2. The number of methoxy groups -OCH3 is 1. The molecular formula is C11H14N2O3.